The summed E-state index contributed by atoms with van der Waals surface area (Å²) in [6, 6.07) is 17.7. The minimum atomic E-state index is -0.108. The number of para-hydroxylation sites is 2. The zero-order chi connectivity index (χ0) is 32.7. The van der Waals surface area contributed by atoms with E-state index in [0.29, 0.717) is 13.1 Å². The average Bonchev–Trinajstić information content (AvgIpc) is 3.40. The molecule has 0 unspecified atom stereocenters. The number of nitrogens with zero attached hydrogens (tertiary/aromatic N) is 2. The first-order chi connectivity index (χ1) is 22.2. The van der Waals surface area contributed by atoms with E-state index in [1.807, 2.05) is 0 Å². The van der Waals surface area contributed by atoms with Crippen LogP contribution in [0.2, 0.25) is 0 Å². The summed E-state index contributed by atoms with van der Waals surface area (Å²) in [4.78, 5) is 13.0. The van der Waals surface area contributed by atoms with Crippen LogP contribution in [0.4, 0.5) is 11.4 Å². The lowest BCUT2D eigenvalue weighted by atomic mass is 9.81. The Hall–Kier alpha value is -3.37. The Morgan fingerprint density at radius 1 is 0.870 bits per heavy atom. The molecule has 0 N–H and O–H groups in total. The zero-order valence-electron chi connectivity index (χ0n) is 28.6. The van der Waals surface area contributed by atoms with Gasteiger partial charge in [0.1, 0.15) is 6.54 Å². The number of carbonyl (C=O) groups excluding carboxylic acids is 1. The van der Waals surface area contributed by atoms with E-state index in [-0.39, 0.29) is 10.8 Å². The average molecular weight is 640 g/mol. The number of halogens is 1. The maximum atomic E-state index is 10.5. The fraction of sp³-hybridized carbons (Fsp3) is 0.463. The second-order valence-electron chi connectivity index (χ2n) is 14.0. The van der Waals surface area contributed by atoms with Crippen molar-refractivity contribution in [2.75, 3.05) is 24.6 Å². The first-order valence-electron chi connectivity index (χ1n) is 17.4. The summed E-state index contributed by atoms with van der Waals surface area (Å²) in [5.41, 5.74) is 10.3. The van der Waals surface area contributed by atoms with Gasteiger partial charge in [0, 0.05) is 52.5 Å². The molecule has 0 amide bonds. The Morgan fingerprint density at radius 2 is 1.63 bits per heavy atom. The van der Waals surface area contributed by atoms with Gasteiger partial charge in [-0.25, -0.2) is 0 Å². The second kappa shape index (κ2) is 15.0. The minimum absolute atomic E-state index is 0.0574. The molecule has 0 aromatic heterocycles. The van der Waals surface area contributed by atoms with Gasteiger partial charge in [-0.15, -0.1) is 0 Å². The van der Waals surface area contributed by atoms with Crippen LogP contribution in [0.25, 0.3) is 0 Å². The van der Waals surface area contributed by atoms with Crippen LogP contribution in [0, 0.1) is 0 Å². The van der Waals surface area contributed by atoms with Crippen molar-refractivity contribution in [3.05, 3.63) is 106 Å². The van der Waals surface area contributed by atoms with Gasteiger partial charge < -0.3 is 9.64 Å². The molecule has 0 fully saturated rings. The molecule has 46 heavy (non-hydrogen) atoms. The van der Waals surface area contributed by atoms with Crippen molar-refractivity contribution in [3.63, 3.8) is 0 Å². The number of unbranched alkanes of at least 4 members (excludes halogenated alkanes) is 4. The highest BCUT2D eigenvalue weighted by Crippen LogP contribution is 2.48. The van der Waals surface area contributed by atoms with Crippen molar-refractivity contribution < 1.29 is 14.1 Å². The topological polar surface area (TPSA) is 32.5 Å². The van der Waals surface area contributed by atoms with Gasteiger partial charge >= 0.3 is 0 Å². The maximum Gasteiger partial charge on any atom is 0.293 e. The number of ether oxygens (including phenoxy) is 1. The third kappa shape index (κ3) is 6.98. The molecular weight excluding hydrogens is 588 g/mol. The summed E-state index contributed by atoms with van der Waals surface area (Å²) >= 11 is 7.22. The normalized spacial score (nSPS) is 20.3. The van der Waals surface area contributed by atoms with E-state index in [1.165, 1.54) is 64.3 Å². The zero-order valence-corrected chi connectivity index (χ0v) is 29.3. The van der Waals surface area contributed by atoms with Gasteiger partial charge in [0.25, 0.3) is 6.47 Å². The van der Waals surface area contributed by atoms with Crippen molar-refractivity contribution in [1.29, 1.82) is 0 Å². The monoisotopic (exact) mass is 639 g/mol. The standard InChI is InChI=1S/C41H52ClN2O2/c1-6-7-13-27-43-35-21-11-9-19-33(35)40(2,3)37(43)25-23-31-17-16-18-32(39(31)42)24-26-38-41(4,5)34-20-10-12-22-36(34)44(38)28-14-8-15-29-46-30-45/h9-12,19-26,30H,6-8,13-18,27-29H2,1-5H3/q+1. The SMILES string of the molecule is CCCCC[N+]1=C(/C=C/C2=C(Cl)C(=C/C=C3/N(CCCCCOC=O)c4ccccc4C3(C)C)/CCC2)C(C)(C)c2ccccc21. The van der Waals surface area contributed by atoms with Crippen molar-refractivity contribution >= 4 is 35.2 Å². The molecule has 2 aromatic carbocycles. The third-order valence-corrected chi connectivity index (χ3v) is 10.6. The second-order valence-corrected chi connectivity index (χ2v) is 14.4. The van der Waals surface area contributed by atoms with Gasteiger partial charge in [-0.3, -0.25) is 4.79 Å². The van der Waals surface area contributed by atoms with E-state index in [9.17, 15) is 4.79 Å². The Balaban J connectivity index is 1.42. The molecule has 3 aliphatic rings. The van der Waals surface area contributed by atoms with E-state index >= 15 is 0 Å². The molecule has 0 atom stereocenters. The molecule has 5 rings (SSSR count). The summed E-state index contributed by atoms with van der Waals surface area (Å²) in [5.74, 6) is 0. The molecule has 2 aromatic rings. The van der Waals surface area contributed by atoms with Crippen LogP contribution in [-0.4, -0.2) is 36.5 Å². The van der Waals surface area contributed by atoms with Gasteiger partial charge in [-0.05, 0) is 87.6 Å². The quantitative estimate of drug-likeness (QED) is 0.117. The van der Waals surface area contributed by atoms with Crippen molar-refractivity contribution in [3.8, 4) is 0 Å². The molecule has 244 valence electrons. The van der Waals surface area contributed by atoms with E-state index in [2.05, 4.69) is 117 Å². The fourth-order valence-corrected chi connectivity index (χ4v) is 7.85. The lowest BCUT2D eigenvalue weighted by Gasteiger charge is -2.27. The van der Waals surface area contributed by atoms with Crippen molar-refractivity contribution in [2.45, 2.75) is 103 Å². The highest BCUT2D eigenvalue weighted by atomic mass is 35.5. The third-order valence-electron chi connectivity index (χ3n) is 10.1. The number of hydrogen-bond acceptors (Lipinski definition) is 3. The molecule has 0 saturated heterocycles. The van der Waals surface area contributed by atoms with Gasteiger partial charge in [-0.2, -0.15) is 4.58 Å². The largest absolute Gasteiger partial charge is 0.468 e. The summed E-state index contributed by atoms with van der Waals surface area (Å²) in [6.07, 6.45) is 18.9. The van der Waals surface area contributed by atoms with Crippen LogP contribution in [0.5, 0.6) is 0 Å². The first kappa shape index (κ1) is 34.0. The number of anilines is 1. The summed E-state index contributed by atoms with van der Waals surface area (Å²) in [6.45, 7) is 14.6. The molecule has 4 nitrogen and oxygen atoms in total. The summed E-state index contributed by atoms with van der Waals surface area (Å²) in [5, 5.41) is 0.904. The lowest BCUT2D eigenvalue weighted by molar-refractivity contribution is -0.438. The predicted molar refractivity (Wildman–Crippen MR) is 194 cm³/mol. The Labute approximate surface area is 282 Å². The Kier molecular flexibility index (Phi) is 11.1. The summed E-state index contributed by atoms with van der Waals surface area (Å²) < 4.78 is 7.44. The molecule has 2 heterocycles. The van der Waals surface area contributed by atoms with E-state index < -0.39 is 0 Å². The van der Waals surface area contributed by atoms with Crippen LogP contribution in [-0.2, 0) is 20.4 Å². The van der Waals surface area contributed by atoms with Gasteiger partial charge in [0.15, 0.2) is 5.71 Å². The fourth-order valence-electron chi connectivity index (χ4n) is 7.53. The van der Waals surface area contributed by atoms with E-state index in [4.69, 9.17) is 16.3 Å². The number of benzene rings is 2. The van der Waals surface area contributed by atoms with Crippen LogP contribution >= 0.6 is 11.6 Å². The highest BCUT2D eigenvalue weighted by molar-refractivity contribution is 6.32. The highest BCUT2D eigenvalue weighted by Gasteiger charge is 2.44. The van der Waals surface area contributed by atoms with E-state index in [1.54, 1.807) is 0 Å². The van der Waals surface area contributed by atoms with Crippen molar-refractivity contribution in [1.82, 2.24) is 0 Å². The molecule has 0 bridgehead atoms. The molecule has 0 radical (unpaired) electrons. The number of carbonyl (C=O) groups is 1. The first-order valence-corrected chi connectivity index (χ1v) is 17.7. The lowest BCUT2D eigenvalue weighted by Crippen LogP contribution is -2.28. The number of allylic oxidation sites excluding steroid dienone is 8. The Morgan fingerprint density at radius 3 is 2.41 bits per heavy atom. The Bertz CT molecular complexity index is 1570. The maximum absolute atomic E-state index is 10.5. The smallest absolute Gasteiger partial charge is 0.293 e. The van der Waals surface area contributed by atoms with Crippen LogP contribution in [0.15, 0.2) is 94.7 Å². The van der Waals surface area contributed by atoms with Gasteiger partial charge in [0.2, 0.25) is 5.69 Å². The van der Waals surface area contributed by atoms with Crippen LogP contribution in [0.1, 0.15) is 104 Å². The number of fused-ring (bicyclic) bond motifs is 2. The van der Waals surface area contributed by atoms with Gasteiger partial charge in [-0.1, -0.05) is 87.3 Å². The van der Waals surface area contributed by atoms with Crippen LogP contribution < -0.4 is 4.90 Å². The van der Waals surface area contributed by atoms with Crippen LogP contribution in [0.3, 0.4) is 0 Å². The number of rotatable bonds is 14. The molecule has 0 saturated carbocycles. The van der Waals surface area contributed by atoms with Crippen molar-refractivity contribution in [2.24, 2.45) is 0 Å². The molecule has 5 heteroatoms. The molecule has 2 aliphatic heterocycles. The molecular formula is C41H52ClN2O2+. The number of hydrogen-bond donors (Lipinski definition) is 0. The molecule has 1 aliphatic carbocycles. The minimum Gasteiger partial charge on any atom is -0.468 e. The van der Waals surface area contributed by atoms with Gasteiger partial charge in [0.05, 0.1) is 12.0 Å². The molecule has 0 spiro atoms. The summed E-state index contributed by atoms with van der Waals surface area (Å²) in [7, 11) is 0. The predicted octanol–water partition coefficient (Wildman–Crippen LogP) is 10.4. The van der Waals surface area contributed by atoms with E-state index in [0.717, 1.165) is 56.6 Å².